The summed E-state index contributed by atoms with van der Waals surface area (Å²) in [6, 6.07) is 10.9. The number of hydrogen-bond acceptors (Lipinski definition) is 2. The van der Waals surface area contributed by atoms with Gasteiger partial charge in [-0.2, -0.15) is 0 Å². The van der Waals surface area contributed by atoms with Gasteiger partial charge in [0.15, 0.2) is 0 Å². The zero-order valence-electron chi connectivity index (χ0n) is 14.0. The highest BCUT2D eigenvalue weighted by atomic mass is 15.1. The minimum Gasteiger partial charge on any atom is -0.316 e. The maximum atomic E-state index is 3.71. The van der Waals surface area contributed by atoms with Gasteiger partial charge in [0, 0.05) is 13.1 Å². The van der Waals surface area contributed by atoms with Crippen molar-refractivity contribution in [1.82, 2.24) is 10.2 Å². The molecule has 0 radical (unpaired) electrons. The van der Waals surface area contributed by atoms with Crippen LogP contribution in [-0.4, -0.2) is 37.6 Å². The molecule has 2 unspecified atom stereocenters. The summed E-state index contributed by atoms with van der Waals surface area (Å²) in [5.74, 6) is 2.03. The number of hydrogen-bond donors (Lipinski definition) is 1. The Labute approximate surface area is 130 Å². The lowest BCUT2D eigenvalue weighted by atomic mass is 9.88. The molecule has 1 aliphatic rings. The Hall–Kier alpha value is -0.860. The van der Waals surface area contributed by atoms with E-state index in [1.54, 1.807) is 0 Å². The highest BCUT2D eigenvalue weighted by Crippen LogP contribution is 2.23. The molecule has 1 aromatic carbocycles. The minimum absolute atomic E-state index is 0.616. The standard InChI is InChI=1S/C19H32N2/c1-16(2)19(18-9-5-4-6-10-18)14-20-13-17(3)15-21-11-7-8-12-21/h4-6,9-10,16-17,19-20H,7-8,11-15H2,1-3H3. The minimum atomic E-state index is 0.616. The molecule has 1 N–H and O–H groups in total. The number of benzene rings is 1. The van der Waals surface area contributed by atoms with Crippen molar-refractivity contribution < 1.29 is 0 Å². The molecule has 0 amide bonds. The molecule has 0 aromatic heterocycles. The highest BCUT2D eigenvalue weighted by Gasteiger charge is 2.17. The number of likely N-dealkylation sites (tertiary alicyclic amines) is 1. The summed E-state index contributed by atoms with van der Waals surface area (Å²) in [7, 11) is 0. The van der Waals surface area contributed by atoms with Gasteiger partial charge in [-0.15, -0.1) is 0 Å². The van der Waals surface area contributed by atoms with Crippen LogP contribution >= 0.6 is 0 Å². The Balaban J connectivity index is 1.74. The van der Waals surface area contributed by atoms with Crippen LogP contribution < -0.4 is 5.32 Å². The predicted octanol–water partition coefficient (Wildman–Crippen LogP) is 3.75. The fraction of sp³-hybridized carbons (Fsp3) is 0.684. The van der Waals surface area contributed by atoms with Crippen molar-refractivity contribution in [3.63, 3.8) is 0 Å². The van der Waals surface area contributed by atoms with Gasteiger partial charge in [0.1, 0.15) is 0 Å². The Bertz CT molecular complexity index is 382. The summed E-state index contributed by atoms with van der Waals surface area (Å²) in [6.45, 7) is 13.1. The Morgan fingerprint density at radius 2 is 1.67 bits per heavy atom. The molecule has 1 heterocycles. The zero-order chi connectivity index (χ0) is 15.1. The first-order valence-corrected chi connectivity index (χ1v) is 8.65. The van der Waals surface area contributed by atoms with Crippen molar-refractivity contribution in [2.24, 2.45) is 11.8 Å². The van der Waals surface area contributed by atoms with Crippen molar-refractivity contribution in [1.29, 1.82) is 0 Å². The molecule has 1 fully saturated rings. The lowest BCUT2D eigenvalue weighted by Crippen LogP contribution is -2.34. The van der Waals surface area contributed by atoms with Gasteiger partial charge < -0.3 is 10.2 Å². The molecule has 0 aliphatic carbocycles. The third kappa shape index (κ3) is 5.44. The van der Waals surface area contributed by atoms with Gasteiger partial charge in [0.25, 0.3) is 0 Å². The Morgan fingerprint density at radius 1 is 1.00 bits per heavy atom. The topological polar surface area (TPSA) is 15.3 Å². The summed E-state index contributed by atoms with van der Waals surface area (Å²) >= 11 is 0. The third-order valence-electron chi connectivity index (χ3n) is 4.66. The van der Waals surface area contributed by atoms with Crippen LogP contribution in [0.5, 0.6) is 0 Å². The first-order chi connectivity index (χ1) is 10.2. The molecular formula is C19H32N2. The van der Waals surface area contributed by atoms with Crippen LogP contribution in [0, 0.1) is 11.8 Å². The molecule has 118 valence electrons. The van der Waals surface area contributed by atoms with Gasteiger partial charge >= 0.3 is 0 Å². The SMILES string of the molecule is CC(CNCC(c1ccccc1)C(C)C)CN1CCCC1. The number of nitrogens with one attached hydrogen (secondary N) is 1. The first kappa shape index (κ1) is 16.5. The molecular weight excluding hydrogens is 256 g/mol. The second kappa shape index (κ2) is 8.55. The van der Waals surface area contributed by atoms with E-state index in [1.165, 1.54) is 38.0 Å². The van der Waals surface area contributed by atoms with Crippen LogP contribution in [0.15, 0.2) is 30.3 Å². The summed E-state index contributed by atoms with van der Waals surface area (Å²) in [4.78, 5) is 2.61. The molecule has 0 bridgehead atoms. The summed E-state index contributed by atoms with van der Waals surface area (Å²) in [5.41, 5.74) is 1.46. The average Bonchev–Trinajstić information content (AvgIpc) is 2.97. The Morgan fingerprint density at radius 3 is 2.29 bits per heavy atom. The first-order valence-electron chi connectivity index (χ1n) is 8.65. The normalized spacial score (nSPS) is 19.0. The van der Waals surface area contributed by atoms with Crippen LogP contribution in [0.4, 0.5) is 0 Å². The van der Waals surface area contributed by atoms with E-state index in [0.29, 0.717) is 11.8 Å². The van der Waals surface area contributed by atoms with Gasteiger partial charge in [-0.05, 0) is 55.8 Å². The van der Waals surface area contributed by atoms with E-state index in [2.05, 4.69) is 61.3 Å². The molecule has 0 saturated carbocycles. The van der Waals surface area contributed by atoms with Crippen molar-refractivity contribution >= 4 is 0 Å². The fourth-order valence-corrected chi connectivity index (χ4v) is 3.39. The van der Waals surface area contributed by atoms with E-state index in [4.69, 9.17) is 0 Å². The van der Waals surface area contributed by atoms with Crippen LogP contribution in [0.25, 0.3) is 0 Å². The molecule has 2 atom stereocenters. The monoisotopic (exact) mass is 288 g/mol. The third-order valence-corrected chi connectivity index (χ3v) is 4.66. The molecule has 1 aromatic rings. The van der Waals surface area contributed by atoms with Crippen molar-refractivity contribution in [3.05, 3.63) is 35.9 Å². The summed E-state index contributed by atoms with van der Waals surface area (Å²) in [6.07, 6.45) is 2.78. The lowest BCUT2D eigenvalue weighted by Gasteiger charge is -2.24. The largest absolute Gasteiger partial charge is 0.316 e. The van der Waals surface area contributed by atoms with E-state index in [0.717, 1.165) is 19.0 Å². The van der Waals surface area contributed by atoms with E-state index >= 15 is 0 Å². The molecule has 2 heteroatoms. The average molecular weight is 288 g/mol. The maximum Gasteiger partial charge on any atom is 0.00227 e. The maximum absolute atomic E-state index is 3.71. The Kier molecular flexibility index (Phi) is 6.72. The quantitative estimate of drug-likeness (QED) is 0.784. The lowest BCUT2D eigenvalue weighted by molar-refractivity contribution is 0.280. The van der Waals surface area contributed by atoms with E-state index in [9.17, 15) is 0 Å². The van der Waals surface area contributed by atoms with Gasteiger partial charge in [-0.1, -0.05) is 51.1 Å². The molecule has 0 spiro atoms. The van der Waals surface area contributed by atoms with Gasteiger partial charge in [-0.3, -0.25) is 0 Å². The molecule has 1 aliphatic heterocycles. The van der Waals surface area contributed by atoms with Crippen molar-refractivity contribution in [2.45, 2.75) is 39.5 Å². The van der Waals surface area contributed by atoms with E-state index in [1.807, 2.05) is 0 Å². The van der Waals surface area contributed by atoms with Gasteiger partial charge in [0.2, 0.25) is 0 Å². The van der Waals surface area contributed by atoms with Crippen LogP contribution in [0.3, 0.4) is 0 Å². The van der Waals surface area contributed by atoms with Crippen LogP contribution in [0.1, 0.15) is 45.1 Å². The van der Waals surface area contributed by atoms with Crippen molar-refractivity contribution in [2.75, 3.05) is 32.7 Å². The smallest absolute Gasteiger partial charge is 0.00227 e. The molecule has 1 saturated heterocycles. The van der Waals surface area contributed by atoms with Crippen LogP contribution in [-0.2, 0) is 0 Å². The van der Waals surface area contributed by atoms with E-state index in [-0.39, 0.29) is 0 Å². The van der Waals surface area contributed by atoms with Crippen LogP contribution in [0.2, 0.25) is 0 Å². The second-order valence-electron chi connectivity index (χ2n) is 7.03. The molecule has 2 nitrogen and oxygen atoms in total. The van der Waals surface area contributed by atoms with E-state index < -0.39 is 0 Å². The second-order valence-corrected chi connectivity index (χ2v) is 7.03. The number of nitrogens with zero attached hydrogens (tertiary/aromatic N) is 1. The number of rotatable bonds is 8. The van der Waals surface area contributed by atoms with Gasteiger partial charge in [0.05, 0.1) is 0 Å². The highest BCUT2D eigenvalue weighted by molar-refractivity contribution is 5.20. The molecule has 2 rings (SSSR count). The molecule has 21 heavy (non-hydrogen) atoms. The van der Waals surface area contributed by atoms with Crippen molar-refractivity contribution in [3.8, 4) is 0 Å². The van der Waals surface area contributed by atoms with Gasteiger partial charge in [-0.25, -0.2) is 0 Å². The summed E-state index contributed by atoms with van der Waals surface area (Å²) in [5, 5.41) is 3.71. The zero-order valence-corrected chi connectivity index (χ0v) is 14.0. The fourth-order valence-electron chi connectivity index (χ4n) is 3.39. The summed E-state index contributed by atoms with van der Waals surface area (Å²) < 4.78 is 0. The predicted molar refractivity (Wildman–Crippen MR) is 91.7 cm³/mol.